The number of hydrogen-bond acceptors (Lipinski definition) is 3. The van der Waals surface area contributed by atoms with Crippen molar-refractivity contribution in [1.29, 1.82) is 0 Å². The zero-order valence-corrected chi connectivity index (χ0v) is 10.8. The third kappa shape index (κ3) is 3.80. The molecule has 0 spiro atoms. The Labute approximate surface area is 107 Å². The minimum atomic E-state index is -0.810. The Hall–Kier alpha value is -1.97. The van der Waals surface area contributed by atoms with E-state index in [9.17, 15) is 4.79 Å². The molecule has 0 amide bonds. The van der Waals surface area contributed by atoms with Crippen LogP contribution in [0.1, 0.15) is 12.0 Å². The van der Waals surface area contributed by atoms with Crippen LogP contribution in [0.2, 0.25) is 0 Å². The average Bonchev–Trinajstić information content (AvgIpc) is 2.34. The van der Waals surface area contributed by atoms with Crippen molar-refractivity contribution in [2.45, 2.75) is 13.3 Å². The Morgan fingerprint density at radius 2 is 2.28 bits per heavy atom. The molecule has 4 heteroatoms. The van der Waals surface area contributed by atoms with Gasteiger partial charge in [0.25, 0.3) is 0 Å². The first-order valence-corrected chi connectivity index (χ1v) is 5.80. The van der Waals surface area contributed by atoms with E-state index >= 15 is 0 Å². The smallest absolute Gasteiger partial charge is 0.305 e. The van der Waals surface area contributed by atoms with Crippen LogP contribution in [0.25, 0.3) is 0 Å². The third-order valence-electron chi connectivity index (χ3n) is 2.62. The predicted octanol–water partition coefficient (Wildman–Crippen LogP) is 2.47. The van der Waals surface area contributed by atoms with E-state index in [1.54, 1.807) is 13.2 Å². The van der Waals surface area contributed by atoms with Crippen LogP contribution < -0.4 is 9.64 Å². The van der Waals surface area contributed by atoms with Gasteiger partial charge in [-0.3, -0.25) is 4.79 Å². The summed E-state index contributed by atoms with van der Waals surface area (Å²) in [6.45, 7) is 6.72. The fraction of sp³-hybridized carbons (Fsp3) is 0.357. The molecule has 98 valence electrons. The minimum absolute atomic E-state index is 0.0882. The van der Waals surface area contributed by atoms with Gasteiger partial charge >= 0.3 is 5.97 Å². The molecule has 0 saturated heterocycles. The number of carboxylic acids is 1. The maximum absolute atomic E-state index is 10.7. The molecule has 0 aliphatic heterocycles. The number of nitrogens with zero attached hydrogens (tertiary/aromatic N) is 1. The number of carboxylic acid groups (broad SMARTS) is 1. The zero-order valence-electron chi connectivity index (χ0n) is 10.8. The Bertz CT molecular complexity index is 429. The number of anilines is 1. The number of benzene rings is 1. The molecular weight excluding hydrogens is 230 g/mol. The first-order chi connectivity index (χ1) is 8.58. The van der Waals surface area contributed by atoms with Crippen molar-refractivity contribution in [2.75, 3.05) is 25.1 Å². The van der Waals surface area contributed by atoms with Crippen LogP contribution in [0.15, 0.2) is 30.9 Å². The van der Waals surface area contributed by atoms with Gasteiger partial charge in [-0.05, 0) is 24.6 Å². The number of carbonyl (C=O) groups is 1. The summed E-state index contributed by atoms with van der Waals surface area (Å²) >= 11 is 0. The molecule has 0 bridgehead atoms. The summed E-state index contributed by atoms with van der Waals surface area (Å²) in [5, 5.41) is 8.77. The molecule has 0 heterocycles. The van der Waals surface area contributed by atoms with E-state index < -0.39 is 5.97 Å². The fourth-order valence-corrected chi connectivity index (χ4v) is 1.74. The maximum Gasteiger partial charge on any atom is 0.305 e. The molecule has 4 nitrogen and oxygen atoms in total. The molecule has 0 aromatic heterocycles. The van der Waals surface area contributed by atoms with Gasteiger partial charge in [0, 0.05) is 13.1 Å². The summed E-state index contributed by atoms with van der Waals surface area (Å²) in [7, 11) is 1.61. The first-order valence-electron chi connectivity index (χ1n) is 5.80. The quantitative estimate of drug-likeness (QED) is 0.754. The molecule has 1 rings (SSSR count). The second-order valence-corrected chi connectivity index (χ2v) is 4.05. The van der Waals surface area contributed by atoms with E-state index in [1.807, 2.05) is 30.0 Å². The summed E-state index contributed by atoms with van der Waals surface area (Å²) in [5.41, 5.74) is 2.01. The Morgan fingerprint density at radius 1 is 1.56 bits per heavy atom. The number of aliphatic carboxylic acids is 1. The highest BCUT2D eigenvalue weighted by atomic mass is 16.5. The lowest BCUT2D eigenvalue weighted by Gasteiger charge is -2.25. The summed E-state index contributed by atoms with van der Waals surface area (Å²) in [6, 6.07) is 5.84. The van der Waals surface area contributed by atoms with Crippen molar-refractivity contribution in [3.63, 3.8) is 0 Å². The third-order valence-corrected chi connectivity index (χ3v) is 2.62. The maximum atomic E-state index is 10.7. The van der Waals surface area contributed by atoms with Gasteiger partial charge in [0.15, 0.2) is 0 Å². The molecule has 0 aliphatic rings. The van der Waals surface area contributed by atoms with Crippen LogP contribution in [0, 0.1) is 6.92 Å². The van der Waals surface area contributed by atoms with Gasteiger partial charge in [-0.15, -0.1) is 6.58 Å². The second-order valence-electron chi connectivity index (χ2n) is 4.05. The van der Waals surface area contributed by atoms with Crippen LogP contribution in [0.3, 0.4) is 0 Å². The number of methoxy groups -OCH3 is 1. The summed E-state index contributed by atoms with van der Waals surface area (Å²) in [6.07, 6.45) is 1.84. The highest BCUT2D eigenvalue weighted by Crippen LogP contribution is 2.29. The Kier molecular flexibility index (Phi) is 5.24. The zero-order chi connectivity index (χ0) is 13.5. The lowest BCUT2D eigenvalue weighted by atomic mass is 10.2. The van der Waals surface area contributed by atoms with Gasteiger partial charge in [-0.25, -0.2) is 0 Å². The van der Waals surface area contributed by atoms with Gasteiger partial charge < -0.3 is 14.7 Å². The van der Waals surface area contributed by atoms with E-state index in [0.29, 0.717) is 13.1 Å². The largest absolute Gasteiger partial charge is 0.495 e. The highest BCUT2D eigenvalue weighted by Gasteiger charge is 2.12. The Morgan fingerprint density at radius 3 is 2.83 bits per heavy atom. The molecule has 0 fully saturated rings. The molecule has 0 aliphatic carbocycles. The molecule has 1 aromatic rings. The van der Waals surface area contributed by atoms with E-state index in [0.717, 1.165) is 17.0 Å². The Balaban J connectivity index is 2.99. The molecule has 18 heavy (non-hydrogen) atoms. The molecule has 0 saturated carbocycles. The molecular formula is C14H19NO3. The van der Waals surface area contributed by atoms with Crippen molar-refractivity contribution in [3.05, 3.63) is 36.4 Å². The summed E-state index contributed by atoms with van der Waals surface area (Å²) < 4.78 is 5.31. The fourth-order valence-electron chi connectivity index (χ4n) is 1.74. The van der Waals surface area contributed by atoms with Crippen LogP contribution in [0.5, 0.6) is 5.75 Å². The molecule has 0 atom stereocenters. The van der Waals surface area contributed by atoms with Gasteiger partial charge in [0.1, 0.15) is 5.75 Å². The molecule has 0 radical (unpaired) electrons. The lowest BCUT2D eigenvalue weighted by Crippen LogP contribution is -2.26. The number of hydrogen-bond donors (Lipinski definition) is 1. The summed E-state index contributed by atoms with van der Waals surface area (Å²) in [5.74, 6) is -0.0662. The van der Waals surface area contributed by atoms with Crippen LogP contribution in [-0.4, -0.2) is 31.3 Å². The van der Waals surface area contributed by atoms with Crippen molar-refractivity contribution < 1.29 is 14.6 Å². The van der Waals surface area contributed by atoms with E-state index in [1.165, 1.54) is 0 Å². The van der Waals surface area contributed by atoms with Crippen molar-refractivity contribution in [1.82, 2.24) is 0 Å². The van der Waals surface area contributed by atoms with Crippen molar-refractivity contribution in [3.8, 4) is 5.75 Å². The van der Waals surface area contributed by atoms with Gasteiger partial charge in [0.2, 0.25) is 0 Å². The molecule has 1 aromatic carbocycles. The standard InChI is InChI=1S/C14H19NO3/c1-4-8-15(9-7-14(16)17)12-10-11(2)5-6-13(12)18-3/h4-6,10H,1,7-9H2,2-3H3,(H,16,17). The van der Waals surface area contributed by atoms with E-state index in [2.05, 4.69) is 6.58 Å². The van der Waals surface area contributed by atoms with Crippen LogP contribution in [0.4, 0.5) is 5.69 Å². The van der Waals surface area contributed by atoms with Crippen molar-refractivity contribution >= 4 is 11.7 Å². The van der Waals surface area contributed by atoms with E-state index in [4.69, 9.17) is 9.84 Å². The molecule has 1 N–H and O–H groups in total. The number of aryl methyl sites for hydroxylation is 1. The lowest BCUT2D eigenvalue weighted by molar-refractivity contribution is -0.136. The number of ether oxygens (including phenoxy) is 1. The molecule has 0 unspecified atom stereocenters. The van der Waals surface area contributed by atoms with Crippen molar-refractivity contribution in [2.24, 2.45) is 0 Å². The van der Waals surface area contributed by atoms with Gasteiger partial charge in [-0.2, -0.15) is 0 Å². The monoisotopic (exact) mass is 249 g/mol. The topological polar surface area (TPSA) is 49.8 Å². The number of rotatable bonds is 7. The minimum Gasteiger partial charge on any atom is -0.495 e. The first kappa shape index (κ1) is 14.1. The van der Waals surface area contributed by atoms with Crippen LogP contribution in [-0.2, 0) is 4.79 Å². The van der Waals surface area contributed by atoms with E-state index in [-0.39, 0.29) is 6.42 Å². The SMILES string of the molecule is C=CCN(CCC(=O)O)c1cc(C)ccc1OC. The predicted molar refractivity (Wildman–Crippen MR) is 72.4 cm³/mol. The normalized spacial score (nSPS) is 9.89. The van der Waals surface area contributed by atoms with Crippen LogP contribution >= 0.6 is 0 Å². The second kappa shape index (κ2) is 6.69. The average molecular weight is 249 g/mol. The van der Waals surface area contributed by atoms with Gasteiger partial charge in [0.05, 0.1) is 19.2 Å². The summed E-state index contributed by atoms with van der Waals surface area (Å²) in [4.78, 5) is 12.6. The van der Waals surface area contributed by atoms with Gasteiger partial charge in [-0.1, -0.05) is 12.1 Å². The highest BCUT2D eigenvalue weighted by molar-refractivity contribution is 5.68.